The SMILES string of the molecule is Cn1cc(C(NC(=O)C(C)(C)C(C)(C)N)C(=O)O)cn1. The minimum Gasteiger partial charge on any atom is -0.479 e. The molecule has 20 heavy (non-hydrogen) atoms. The number of hydrogen-bond donors (Lipinski definition) is 3. The summed E-state index contributed by atoms with van der Waals surface area (Å²) in [6.07, 6.45) is 2.97. The third kappa shape index (κ3) is 3.16. The fourth-order valence-corrected chi connectivity index (χ4v) is 1.48. The van der Waals surface area contributed by atoms with E-state index in [2.05, 4.69) is 10.4 Å². The van der Waals surface area contributed by atoms with Crippen LogP contribution in [-0.4, -0.2) is 32.3 Å². The van der Waals surface area contributed by atoms with Gasteiger partial charge in [-0.25, -0.2) is 4.79 Å². The van der Waals surface area contributed by atoms with Gasteiger partial charge in [-0.2, -0.15) is 5.10 Å². The van der Waals surface area contributed by atoms with Crippen LogP contribution in [0.1, 0.15) is 39.3 Å². The second kappa shape index (κ2) is 5.24. The molecule has 7 heteroatoms. The number of nitrogens with two attached hydrogens (primary N) is 1. The van der Waals surface area contributed by atoms with E-state index in [-0.39, 0.29) is 0 Å². The van der Waals surface area contributed by atoms with Gasteiger partial charge in [-0.05, 0) is 27.7 Å². The number of aryl methyl sites for hydroxylation is 1. The van der Waals surface area contributed by atoms with Crippen molar-refractivity contribution in [2.45, 2.75) is 39.3 Å². The topological polar surface area (TPSA) is 110 Å². The third-order valence-electron chi connectivity index (χ3n) is 3.76. The van der Waals surface area contributed by atoms with Crippen LogP contribution in [-0.2, 0) is 16.6 Å². The predicted molar refractivity (Wildman–Crippen MR) is 73.8 cm³/mol. The molecule has 0 saturated carbocycles. The van der Waals surface area contributed by atoms with Crippen LogP contribution in [0.3, 0.4) is 0 Å². The third-order valence-corrected chi connectivity index (χ3v) is 3.76. The van der Waals surface area contributed by atoms with E-state index >= 15 is 0 Å². The van der Waals surface area contributed by atoms with E-state index in [1.54, 1.807) is 40.9 Å². The molecule has 0 saturated heterocycles. The van der Waals surface area contributed by atoms with E-state index < -0.39 is 28.9 Å². The van der Waals surface area contributed by atoms with Crippen molar-refractivity contribution >= 4 is 11.9 Å². The Kier molecular flexibility index (Phi) is 4.24. The number of nitrogens with zero attached hydrogens (tertiary/aromatic N) is 2. The Hall–Kier alpha value is -1.89. The molecule has 112 valence electrons. The standard InChI is InChI=1S/C13H22N4O3/c1-12(2,13(3,4)14)11(20)16-9(10(18)19)8-6-15-17(5)7-8/h6-7,9H,14H2,1-5H3,(H,16,20)(H,18,19). The fraction of sp³-hybridized carbons (Fsp3) is 0.615. The van der Waals surface area contributed by atoms with Gasteiger partial charge in [0.25, 0.3) is 0 Å². The van der Waals surface area contributed by atoms with Crippen LogP contribution in [0, 0.1) is 5.41 Å². The van der Waals surface area contributed by atoms with E-state index in [1.807, 2.05) is 0 Å². The highest BCUT2D eigenvalue weighted by molar-refractivity contribution is 5.88. The lowest BCUT2D eigenvalue weighted by Crippen LogP contribution is -2.56. The van der Waals surface area contributed by atoms with Gasteiger partial charge in [-0.15, -0.1) is 0 Å². The molecule has 4 N–H and O–H groups in total. The van der Waals surface area contributed by atoms with Crippen LogP contribution in [0.15, 0.2) is 12.4 Å². The molecule has 0 radical (unpaired) electrons. The Bertz CT molecular complexity index is 514. The van der Waals surface area contributed by atoms with E-state index in [9.17, 15) is 14.7 Å². The van der Waals surface area contributed by atoms with Gasteiger partial charge < -0.3 is 16.2 Å². The number of nitrogens with one attached hydrogen (secondary N) is 1. The van der Waals surface area contributed by atoms with Crippen molar-refractivity contribution in [3.05, 3.63) is 18.0 Å². The molecule has 1 unspecified atom stereocenters. The van der Waals surface area contributed by atoms with Gasteiger partial charge in [-0.3, -0.25) is 9.48 Å². The smallest absolute Gasteiger partial charge is 0.331 e. The summed E-state index contributed by atoms with van der Waals surface area (Å²) in [6, 6.07) is -1.14. The summed E-state index contributed by atoms with van der Waals surface area (Å²) in [5.41, 5.74) is 4.70. The predicted octanol–water partition coefficient (Wildman–Crippen LogP) is 0.426. The average molecular weight is 282 g/mol. The van der Waals surface area contributed by atoms with Gasteiger partial charge in [0, 0.05) is 24.3 Å². The molecule has 7 nitrogen and oxygen atoms in total. The Balaban J connectivity index is 2.99. The van der Waals surface area contributed by atoms with Crippen molar-refractivity contribution in [1.82, 2.24) is 15.1 Å². The summed E-state index contributed by atoms with van der Waals surface area (Å²) in [5, 5.41) is 15.7. The minimum absolute atomic E-state index is 0.416. The lowest BCUT2D eigenvalue weighted by molar-refractivity contribution is -0.144. The van der Waals surface area contributed by atoms with Crippen LogP contribution in [0.25, 0.3) is 0 Å². The Morgan fingerprint density at radius 1 is 1.40 bits per heavy atom. The lowest BCUT2D eigenvalue weighted by Gasteiger charge is -2.37. The molecule has 0 bridgehead atoms. The van der Waals surface area contributed by atoms with Gasteiger partial charge >= 0.3 is 5.97 Å². The highest BCUT2D eigenvalue weighted by Crippen LogP contribution is 2.29. The van der Waals surface area contributed by atoms with Crippen LogP contribution in [0.2, 0.25) is 0 Å². The fourth-order valence-electron chi connectivity index (χ4n) is 1.48. The molecule has 0 fully saturated rings. The first-order valence-electron chi connectivity index (χ1n) is 6.28. The van der Waals surface area contributed by atoms with Gasteiger partial charge in [0.15, 0.2) is 6.04 Å². The Morgan fingerprint density at radius 2 is 1.95 bits per heavy atom. The first-order valence-corrected chi connectivity index (χ1v) is 6.28. The van der Waals surface area contributed by atoms with E-state index in [4.69, 9.17) is 5.73 Å². The molecule has 1 aromatic heterocycles. The van der Waals surface area contributed by atoms with Crippen molar-refractivity contribution in [2.24, 2.45) is 18.2 Å². The number of carbonyl (C=O) groups excluding carboxylic acids is 1. The second-order valence-corrected chi connectivity index (χ2v) is 6.04. The van der Waals surface area contributed by atoms with Crippen molar-refractivity contribution in [3.8, 4) is 0 Å². The first kappa shape index (κ1) is 16.2. The number of carboxylic acids is 1. The zero-order valence-electron chi connectivity index (χ0n) is 12.5. The maximum Gasteiger partial charge on any atom is 0.331 e. The summed E-state index contributed by atoms with van der Waals surface area (Å²) < 4.78 is 1.48. The molecule has 1 atom stereocenters. The highest BCUT2D eigenvalue weighted by Gasteiger charge is 2.42. The highest BCUT2D eigenvalue weighted by atomic mass is 16.4. The maximum atomic E-state index is 12.3. The number of aliphatic carboxylic acids is 1. The summed E-state index contributed by atoms with van der Waals surface area (Å²) in [4.78, 5) is 23.7. The van der Waals surface area contributed by atoms with Crippen molar-refractivity contribution in [2.75, 3.05) is 0 Å². The number of carbonyl (C=O) groups is 2. The van der Waals surface area contributed by atoms with Gasteiger partial charge in [0.1, 0.15) is 0 Å². The van der Waals surface area contributed by atoms with Crippen molar-refractivity contribution in [1.29, 1.82) is 0 Å². The second-order valence-electron chi connectivity index (χ2n) is 6.04. The minimum atomic E-state index is -1.14. The van der Waals surface area contributed by atoms with E-state index in [0.717, 1.165) is 0 Å². The monoisotopic (exact) mass is 282 g/mol. The maximum absolute atomic E-state index is 12.3. The molecule has 0 aliphatic rings. The van der Waals surface area contributed by atoms with Gasteiger partial charge in [0.2, 0.25) is 5.91 Å². The first-order chi connectivity index (χ1) is 8.96. The average Bonchev–Trinajstić information content (AvgIpc) is 2.69. The molecule has 0 aliphatic carbocycles. The zero-order chi connectivity index (χ0) is 15.7. The Labute approximate surface area is 118 Å². The zero-order valence-corrected chi connectivity index (χ0v) is 12.5. The molecule has 0 aliphatic heterocycles. The van der Waals surface area contributed by atoms with Crippen LogP contribution in [0.4, 0.5) is 0 Å². The molecular weight excluding hydrogens is 260 g/mol. The summed E-state index contributed by atoms with van der Waals surface area (Å²) in [7, 11) is 1.68. The summed E-state index contributed by atoms with van der Waals surface area (Å²) in [5.74, 6) is -1.56. The molecule has 0 aromatic carbocycles. The molecule has 1 aromatic rings. The number of hydrogen-bond acceptors (Lipinski definition) is 4. The Morgan fingerprint density at radius 3 is 2.30 bits per heavy atom. The normalized spacial score (nSPS) is 13.9. The van der Waals surface area contributed by atoms with Gasteiger partial charge in [-0.1, -0.05) is 0 Å². The number of rotatable bonds is 5. The summed E-state index contributed by atoms with van der Waals surface area (Å²) in [6.45, 7) is 6.83. The van der Waals surface area contributed by atoms with Crippen LogP contribution < -0.4 is 11.1 Å². The largest absolute Gasteiger partial charge is 0.479 e. The molecule has 1 heterocycles. The molecule has 1 rings (SSSR count). The molecular formula is C13H22N4O3. The van der Waals surface area contributed by atoms with Crippen molar-refractivity contribution in [3.63, 3.8) is 0 Å². The van der Waals surface area contributed by atoms with E-state index in [1.165, 1.54) is 10.9 Å². The van der Waals surface area contributed by atoms with E-state index in [0.29, 0.717) is 5.56 Å². The molecule has 1 amide bonds. The molecule has 0 spiro atoms. The van der Waals surface area contributed by atoms with Crippen molar-refractivity contribution < 1.29 is 14.7 Å². The number of aromatic nitrogens is 2. The van der Waals surface area contributed by atoms with Crippen LogP contribution in [0.5, 0.6) is 0 Å². The van der Waals surface area contributed by atoms with Gasteiger partial charge in [0.05, 0.1) is 11.6 Å². The lowest BCUT2D eigenvalue weighted by atomic mass is 9.74. The van der Waals surface area contributed by atoms with Crippen LogP contribution >= 0.6 is 0 Å². The summed E-state index contributed by atoms with van der Waals surface area (Å²) >= 11 is 0. The quantitative estimate of drug-likeness (QED) is 0.725. The number of amides is 1. The number of carboxylic acid groups (broad SMARTS) is 1.